The lowest BCUT2D eigenvalue weighted by atomic mass is 10.00. The van der Waals surface area contributed by atoms with Crippen molar-refractivity contribution in [2.75, 3.05) is 0 Å². The van der Waals surface area contributed by atoms with Crippen LogP contribution >= 0.6 is 23.2 Å². The second kappa shape index (κ2) is 8.37. The van der Waals surface area contributed by atoms with Gasteiger partial charge in [-0.25, -0.2) is 9.89 Å². The van der Waals surface area contributed by atoms with E-state index in [0.29, 0.717) is 5.56 Å². The minimum absolute atomic E-state index is 0.0244. The normalized spacial score (nSPS) is 13.8. The minimum Gasteiger partial charge on any atom is -0.434 e. The largest absolute Gasteiger partial charge is 0.434 e. The smallest absolute Gasteiger partial charge is 0.349 e. The molecule has 0 amide bonds. The van der Waals surface area contributed by atoms with Gasteiger partial charge in [-0.15, -0.1) is 10.2 Å². The van der Waals surface area contributed by atoms with Gasteiger partial charge in [-0.05, 0) is 30.9 Å². The van der Waals surface area contributed by atoms with E-state index in [0.717, 1.165) is 30.4 Å². The van der Waals surface area contributed by atoms with Gasteiger partial charge in [-0.3, -0.25) is 14.6 Å². The van der Waals surface area contributed by atoms with Crippen molar-refractivity contribution in [1.29, 1.82) is 5.26 Å². The molecular weight excluding hydrogens is 447 g/mol. The maximum Gasteiger partial charge on any atom is 0.349 e. The highest BCUT2D eigenvalue weighted by Gasteiger charge is 2.22. The molecule has 1 aliphatic carbocycles. The van der Waals surface area contributed by atoms with Crippen LogP contribution in [0.15, 0.2) is 32.6 Å². The van der Waals surface area contributed by atoms with E-state index in [1.54, 1.807) is 12.1 Å². The Morgan fingerprint density at radius 2 is 1.77 bits per heavy atom. The average Bonchev–Trinajstić information content (AvgIpc) is 3.26. The molecule has 0 bridgehead atoms. The zero-order valence-electron chi connectivity index (χ0n) is 15.8. The van der Waals surface area contributed by atoms with E-state index in [9.17, 15) is 14.4 Å². The molecule has 0 radical (unpaired) electrons. The van der Waals surface area contributed by atoms with Gasteiger partial charge in [0, 0.05) is 11.6 Å². The number of hydrogen-bond donors (Lipinski definition) is 2. The van der Waals surface area contributed by atoms with E-state index in [-0.39, 0.29) is 38.8 Å². The lowest BCUT2D eigenvalue weighted by Crippen LogP contribution is -2.33. The Bertz CT molecular complexity index is 1360. The van der Waals surface area contributed by atoms with Crippen LogP contribution in [0, 0.1) is 11.3 Å². The number of aromatic amines is 2. The summed E-state index contributed by atoms with van der Waals surface area (Å²) in [5.41, 5.74) is -1.82. The molecule has 31 heavy (non-hydrogen) atoms. The highest BCUT2D eigenvalue weighted by Crippen LogP contribution is 2.38. The van der Waals surface area contributed by atoms with Gasteiger partial charge in [0.1, 0.15) is 6.07 Å². The van der Waals surface area contributed by atoms with Gasteiger partial charge >= 0.3 is 5.69 Å². The molecule has 0 unspecified atom stereocenters. The number of aromatic nitrogens is 5. The van der Waals surface area contributed by atoms with Crippen molar-refractivity contribution in [3.63, 3.8) is 0 Å². The molecule has 2 heterocycles. The molecule has 10 nitrogen and oxygen atoms in total. The fourth-order valence-corrected chi connectivity index (χ4v) is 4.07. The Hall–Kier alpha value is -3.42. The summed E-state index contributed by atoms with van der Waals surface area (Å²) in [6, 6.07) is 5.84. The molecule has 1 saturated carbocycles. The van der Waals surface area contributed by atoms with Gasteiger partial charge in [0.25, 0.3) is 11.1 Å². The van der Waals surface area contributed by atoms with Gasteiger partial charge in [-0.2, -0.15) is 9.94 Å². The van der Waals surface area contributed by atoms with Crippen molar-refractivity contribution in [1.82, 2.24) is 25.0 Å². The van der Waals surface area contributed by atoms with Crippen LogP contribution in [0.2, 0.25) is 10.0 Å². The Morgan fingerprint density at radius 1 is 1.10 bits per heavy atom. The Balaban J connectivity index is 1.70. The third-order valence-electron chi connectivity index (χ3n) is 4.97. The molecule has 0 atom stereocenters. The summed E-state index contributed by atoms with van der Waals surface area (Å²) < 4.78 is 6.51. The van der Waals surface area contributed by atoms with Gasteiger partial charge in [0.2, 0.25) is 11.6 Å². The number of nitrogens with zero attached hydrogens (tertiary/aromatic N) is 4. The van der Waals surface area contributed by atoms with Crippen LogP contribution < -0.4 is 21.5 Å². The molecule has 4 rings (SSSR count). The van der Waals surface area contributed by atoms with Crippen LogP contribution in [0.1, 0.15) is 42.9 Å². The number of ether oxygens (including phenoxy) is 1. The average molecular weight is 461 g/mol. The molecule has 2 aromatic heterocycles. The van der Waals surface area contributed by atoms with Gasteiger partial charge in [0.05, 0.1) is 15.7 Å². The van der Waals surface area contributed by atoms with E-state index < -0.39 is 16.9 Å². The van der Waals surface area contributed by atoms with Crippen molar-refractivity contribution in [3.05, 3.63) is 70.7 Å². The Labute approximate surface area is 184 Å². The summed E-state index contributed by atoms with van der Waals surface area (Å²) in [6.45, 7) is 0. The third kappa shape index (κ3) is 4.10. The van der Waals surface area contributed by atoms with Crippen LogP contribution in [-0.4, -0.2) is 25.0 Å². The van der Waals surface area contributed by atoms with Gasteiger partial charge in [-0.1, -0.05) is 36.0 Å². The fraction of sp³-hybridized carbons (Fsp3) is 0.263. The van der Waals surface area contributed by atoms with Crippen LogP contribution in [0.5, 0.6) is 11.6 Å². The first-order valence-corrected chi connectivity index (χ1v) is 10.0. The highest BCUT2D eigenvalue weighted by atomic mass is 35.5. The van der Waals surface area contributed by atoms with E-state index in [1.165, 1.54) is 12.1 Å². The quantitative estimate of drug-likeness (QED) is 0.607. The molecule has 1 aliphatic rings. The van der Waals surface area contributed by atoms with Gasteiger partial charge in [0.15, 0.2) is 5.75 Å². The first kappa shape index (κ1) is 20.8. The first-order valence-electron chi connectivity index (χ1n) is 9.28. The van der Waals surface area contributed by atoms with Crippen molar-refractivity contribution >= 4 is 23.2 Å². The molecule has 12 heteroatoms. The SMILES string of the molecule is N#Cc1nn(-c2cc(Cl)c(Oc3cc(C4CCCC4)c(=O)[nH]n3)c(Cl)c2)c(=O)[nH]c1=O. The molecule has 0 aliphatic heterocycles. The summed E-state index contributed by atoms with van der Waals surface area (Å²) in [7, 11) is 0. The third-order valence-corrected chi connectivity index (χ3v) is 5.53. The number of hydrogen-bond acceptors (Lipinski definition) is 7. The standard InChI is InChI=1S/C19H14Cl2N6O4/c20-12-5-10(27-19(30)23-18(29)14(8-22)26-27)6-13(21)16(12)31-15-7-11(17(28)25-24-15)9-3-1-2-4-9/h5-7,9H,1-4H2,(H,25,28)(H,23,29,30). The predicted octanol–water partition coefficient (Wildman–Crippen LogP) is 2.63. The lowest BCUT2D eigenvalue weighted by molar-refractivity contribution is 0.452. The molecular formula is C19H14Cl2N6O4. The van der Waals surface area contributed by atoms with Gasteiger partial charge < -0.3 is 4.74 Å². The number of benzene rings is 1. The van der Waals surface area contributed by atoms with E-state index >= 15 is 0 Å². The zero-order chi connectivity index (χ0) is 22.1. The number of rotatable bonds is 4. The summed E-state index contributed by atoms with van der Waals surface area (Å²) in [5, 5.41) is 19.1. The summed E-state index contributed by atoms with van der Waals surface area (Å²) in [6.07, 6.45) is 3.98. The number of H-pyrrole nitrogens is 2. The maximum atomic E-state index is 12.1. The fourth-order valence-electron chi connectivity index (χ4n) is 3.51. The summed E-state index contributed by atoms with van der Waals surface area (Å²) >= 11 is 12.6. The predicted molar refractivity (Wildman–Crippen MR) is 111 cm³/mol. The zero-order valence-corrected chi connectivity index (χ0v) is 17.3. The summed E-state index contributed by atoms with van der Waals surface area (Å²) in [4.78, 5) is 37.7. The van der Waals surface area contributed by atoms with Crippen LogP contribution in [0.4, 0.5) is 0 Å². The second-order valence-electron chi connectivity index (χ2n) is 6.94. The van der Waals surface area contributed by atoms with E-state index in [2.05, 4.69) is 15.3 Å². The van der Waals surface area contributed by atoms with Crippen LogP contribution in [0.3, 0.4) is 0 Å². The van der Waals surface area contributed by atoms with Crippen molar-refractivity contribution in [2.24, 2.45) is 0 Å². The number of halogens is 2. The molecule has 1 aromatic carbocycles. The van der Waals surface area contributed by atoms with Crippen molar-refractivity contribution < 1.29 is 4.74 Å². The Kier molecular flexibility index (Phi) is 5.63. The monoisotopic (exact) mass is 460 g/mol. The second-order valence-corrected chi connectivity index (χ2v) is 7.76. The van der Waals surface area contributed by atoms with Crippen LogP contribution in [-0.2, 0) is 0 Å². The van der Waals surface area contributed by atoms with E-state index in [1.807, 2.05) is 4.98 Å². The topological polar surface area (TPSA) is 147 Å². The van der Waals surface area contributed by atoms with E-state index in [4.69, 9.17) is 33.2 Å². The molecule has 158 valence electrons. The van der Waals surface area contributed by atoms with Crippen LogP contribution in [0.25, 0.3) is 5.69 Å². The van der Waals surface area contributed by atoms with Crippen molar-refractivity contribution in [3.8, 4) is 23.4 Å². The van der Waals surface area contributed by atoms with Crippen molar-refractivity contribution in [2.45, 2.75) is 31.6 Å². The molecule has 3 aromatic rings. The lowest BCUT2D eigenvalue weighted by Gasteiger charge is -2.13. The molecule has 1 fully saturated rings. The molecule has 0 saturated heterocycles. The number of nitriles is 1. The summed E-state index contributed by atoms with van der Waals surface area (Å²) in [5.74, 6) is 0.320. The maximum absolute atomic E-state index is 12.1. The number of nitrogens with one attached hydrogen (secondary N) is 2. The molecule has 2 N–H and O–H groups in total. The molecule has 0 spiro atoms. The Morgan fingerprint density at radius 3 is 2.42 bits per heavy atom. The minimum atomic E-state index is -0.900. The highest BCUT2D eigenvalue weighted by molar-refractivity contribution is 6.37. The first-order chi connectivity index (χ1) is 14.9.